The number of anilines is 1. The molecule has 0 bridgehead atoms. The van der Waals surface area contributed by atoms with Gasteiger partial charge in [0, 0.05) is 13.2 Å². The second-order valence-electron chi connectivity index (χ2n) is 4.48. The monoisotopic (exact) mass is 309 g/mol. The third kappa shape index (κ3) is 3.22. The maximum atomic E-state index is 12.3. The van der Waals surface area contributed by atoms with E-state index in [0.29, 0.717) is 5.69 Å². The molecule has 2 N–H and O–H groups in total. The quantitative estimate of drug-likeness (QED) is 0.660. The van der Waals surface area contributed by atoms with Gasteiger partial charge in [-0.15, -0.1) is 0 Å². The Balaban J connectivity index is 2.34. The van der Waals surface area contributed by atoms with Gasteiger partial charge in [-0.2, -0.15) is 5.10 Å². The smallest absolute Gasteiger partial charge is 0.337 e. The lowest BCUT2D eigenvalue weighted by Gasteiger charge is -2.08. The summed E-state index contributed by atoms with van der Waals surface area (Å²) in [5.74, 6) is -0.828. The average molecular weight is 309 g/mol. The summed E-state index contributed by atoms with van der Waals surface area (Å²) in [6.45, 7) is 0. The second kappa shape index (κ2) is 5.57. The molecule has 2 rings (SSSR count). The lowest BCUT2D eigenvalue weighted by atomic mass is 10.2. The number of nitrogens with two attached hydrogens (primary N) is 1. The number of nitrogen functional groups attached to an aromatic ring is 1. The van der Waals surface area contributed by atoms with Gasteiger partial charge < -0.3 is 10.5 Å². The first-order valence-corrected chi connectivity index (χ1v) is 7.68. The summed E-state index contributed by atoms with van der Waals surface area (Å²) < 4.78 is 30.8. The van der Waals surface area contributed by atoms with Crippen molar-refractivity contribution < 1.29 is 17.9 Å². The highest BCUT2D eigenvalue weighted by Crippen LogP contribution is 2.23. The van der Waals surface area contributed by atoms with Crippen LogP contribution in [0.5, 0.6) is 0 Å². The van der Waals surface area contributed by atoms with Crippen LogP contribution >= 0.6 is 0 Å². The summed E-state index contributed by atoms with van der Waals surface area (Å²) in [6.07, 6.45) is 1.66. The Labute approximate surface area is 122 Å². The lowest BCUT2D eigenvalue weighted by Crippen LogP contribution is -2.10. The Kier molecular flexibility index (Phi) is 3.99. The molecule has 1 aromatic carbocycles. The predicted molar refractivity (Wildman–Crippen MR) is 76.3 cm³/mol. The van der Waals surface area contributed by atoms with Crippen LogP contribution in [0.3, 0.4) is 0 Å². The summed E-state index contributed by atoms with van der Waals surface area (Å²) in [4.78, 5) is 11.4. The zero-order valence-corrected chi connectivity index (χ0v) is 12.4. The van der Waals surface area contributed by atoms with Crippen molar-refractivity contribution in [3.8, 4) is 0 Å². The van der Waals surface area contributed by atoms with E-state index in [4.69, 9.17) is 5.73 Å². The molecule has 1 aromatic heterocycles. The number of benzene rings is 1. The van der Waals surface area contributed by atoms with Gasteiger partial charge >= 0.3 is 5.97 Å². The zero-order valence-electron chi connectivity index (χ0n) is 11.6. The number of carbonyl (C=O) groups excluding carboxylic acids is 1. The van der Waals surface area contributed by atoms with Gasteiger partial charge in [-0.1, -0.05) is 0 Å². The molecular weight excluding hydrogens is 294 g/mol. The third-order valence-corrected chi connectivity index (χ3v) is 4.59. The molecule has 0 fully saturated rings. The lowest BCUT2D eigenvalue weighted by molar-refractivity contribution is 0.0600. The van der Waals surface area contributed by atoms with Crippen LogP contribution in [0.1, 0.15) is 16.1 Å². The molecule has 112 valence electrons. The Bertz CT molecular complexity index is 780. The standard InChI is InChI=1S/C13H15N3O4S/c1-16-6-5-10(15-16)8-21(18,19)12-4-3-9(7-11(12)14)13(17)20-2/h3-7H,8,14H2,1-2H3. The number of nitrogens with zero attached hydrogens (tertiary/aromatic N) is 2. The van der Waals surface area contributed by atoms with Gasteiger partial charge in [0.25, 0.3) is 0 Å². The molecule has 0 spiro atoms. The molecule has 21 heavy (non-hydrogen) atoms. The van der Waals surface area contributed by atoms with Crippen molar-refractivity contribution >= 4 is 21.5 Å². The van der Waals surface area contributed by atoms with Crippen molar-refractivity contribution in [1.82, 2.24) is 9.78 Å². The van der Waals surface area contributed by atoms with Crippen molar-refractivity contribution in [2.75, 3.05) is 12.8 Å². The summed E-state index contributed by atoms with van der Waals surface area (Å²) >= 11 is 0. The van der Waals surface area contributed by atoms with E-state index in [1.54, 1.807) is 19.3 Å². The number of aromatic nitrogens is 2. The molecule has 0 atom stereocenters. The molecule has 0 aliphatic heterocycles. The normalized spacial score (nSPS) is 11.3. The molecular formula is C13H15N3O4S. The van der Waals surface area contributed by atoms with E-state index in [0.717, 1.165) is 0 Å². The summed E-state index contributed by atoms with van der Waals surface area (Å²) in [5.41, 5.74) is 6.38. The van der Waals surface area contributed by atoms with E-state index in [-0.39, 0.29) is 21.9 Å². The third-order valence-electron chi connectivity index (χ3n) is 2.87. The van der Waals surface area contributed by atoms with Gasteiger partial charge in [-0.25, -0.2) is 13.2 Å². The fourth-order valence-electron chi connectivity index (χ4n) is 1.89. The average Bonchev–Trinajstić information content (AvgIpc) is 2.81. The molecule has 0 saturated carbocycles. The molecule has 0 aliphatic carbocycles. The molecule has 0 radical (unpaired) electrons. The molecule has 0 aliphatic rings. The summed E-state index contributed by atoms with van der Waals surface area (Å²) in [5, 5.41) is 4.03. The highest BCUT2D eigenvalue weighted by molar-refractivity contribution is 7.90. The molecule has 0 unspecified atom stereocenters. The van der Waals surface area contributed by atoms with Gasteiger partial charge in [-0.05, 0) is 24.3 Å². The van der Waals surface area contributed by atoms with Crippen LogP contribution < -0.4 is 5.73 Å². The Morgan fingerprint density at radius 2 is 2.10 bits per heavy atom. The van der Waals surface area contributed by atoms with E-state index in [9.17, 15) is 13.2 Å². The largest absolute Gasteiger partial charge is 0.465 e. The predicted octanol–water partition coefficient (Wildman–Crippen LogP) is 0.763. The first-order chi connectivity index (χ1) is 9.83. The van der Waals surface area contributed by atoms with Crippen LogP contribution in [0.25, 0.3) is 0 Å². The van der Waals surface area contributed by atoms with Gasteiger partial charge in [0.05, 0.1) is 34.7 Å². The molecule has 1 heterocycles. The number of carbonyl (C=O) groups is 1. The van der Waals surface area contributed by atoms with Crippen LogP contribution in [0, 0.1) is 0 Å². The molecule has 7 nitrogen and oxygen atoms in total. The highest BCUT2D eigenvalue weighted by Gasteiger charge is 2.21. The van der Waals surface area contributed by atoms with E-state index >= 15 is 0 Å². The molecule has 0 amide bonds. The first kappa shape index (κ1) is 15.0. The Morgan fingerprint density at radius 3 is 2.62 bits per heavy atom. The summed E-state index contributed by atoms with van der Waals surface area (Å²) in [7, 11) is -0.688. The fraction of sp³-hybridized carbons (Fsp3) is 0.231. The zero-order chi connectivity index (χ0) is 15.6. The van der Waals surface area contributed by atoms with Crippen molar-refractivity contribution in [3.63, 3.8) is 0 Å². The van der Waals surface area contributed by atoms with Crippen LogP contribution in [0.4, 0.5) is 5.69 Å². The number of aryl methyl sites for hydroxylation is 1. The van der Waals surface area contributed by atoms with E-state index in [2.05, 4.69) is 9.84 Å². The number of methoxy groups -OCH3 is 1. The van der Waals surface area contributed by atoms with E-state index < -0.39 is 15.8 Å². The summed E-state index contributed by atoms with van der Waals surface area (Å²) in [6, 6.07) is 5.58. The second-order valence-corrected chi connectivity index (χ2v) is 6.44. The van der Waals surface area contributed by atoms with E-state index in [1.807, 2.05) is 0 Å². The minimum Gasteiger partial charge on any atom is -0.465 e. The Hall–Kier alpha value is -2.35. The first-order valence-electron chi connectivity index (χ1n) is 6.02. The molecule has 0 saturated heterocycles. The number of hydrogen-bond donors (Lipinski definition) is 1. The topological polar surface area (TPSA) is 104 Å². The maximum Gasteiger partial charge on any atom is 0.337 e. The van der Waals surface area contributed by atoms with Crippen molar-refractivity contribution in [1.29, 1.82) is 0 Å². The molecule has 2 aromatic rings. The SMILES string of the molecule is COC(=O)c1ccc(S(=O)(=O)Cc2ccn(C)n2)c(N)c1. The van der Waals surface area contributed by atoms with Gasteiger partial charge in [0.15, 0.2) is 9.84 Å². The number of rotatable bonds is 4. The van der Waals surface area contributed by atoms with Gasteiger partial charge in [-0.3, -0.25) is 4.68 Å². The minimum absolute atomic E-state index is 0.00818. The minimum atomic E-state index is -3.63. The van der Waals surface area contributed by atoms with Crippen molar-refractivity contribution in [3.05, 3.63) is 41.7 Å². The van der Waals surface area contributed by atoms with Gasteiger partial charge in [0.1, 0.15) is 0 Å². The van der Waals surface area contributed by atoms with Crippen LogP contribution in [0.2, 0.25) is 0 Å². The van der Waals surface area contributed by atoms with Gasteiger partial charge in [0.2, 0.25) is 0 Å². The van der Waals surface area contributed by atoms with Crippen LogP contribution in [-0.4, -0.2) is 31.3 Å². The fourth-order valence-corrected chi connectivity index (χ4v) is 3.28. The number of sulfone groups is 1. The van der Waals surface area contributed by atoms with Crippen molar-refractivity contribution in [2.24, 2.45) is 7.05 Å². The van der Waals surface area contributed by atoms with Crippen LogP contribution in [-0.2, 0) is 27.4 Å². The van der Waals surface area contributed by atoms with E-state index in [1.165, 1.54) is 30.0 Å². The van der Waals surface area contributed by atoms with Crippen molar-refractivity contribution in [2.45, 2.75) is 10.6 Å². The van der Waals surface area contributed by atoms with Crippen LogP contribution in [0.15, 0.2) is 35.4 Å². The molecule has 8 heteroatoms. The maximum absolute atomic E-state index is 12.3. The number of esters is 1. The highest BCUT2D eigenvalue weighted by atomic mass is 32.2. The number of hydrogen-bond acceptors (Lipinski definition) is 6. The Morgan fingerprint density at radius 1 is 1.38 bits per heavy atom. The number of ether oxygens (including phenoxy) is 1.